The van der Waals surface area contributed by atoms with Gasteiger partial charge in [-0.3, -0.25) is 14.7 Å². The molecule has 0 saturated carbocycles. The number of nitrogens with one attached hydrogen (secondary N) is 1. The van der Waals surface area contributed by atoms with Gasteiger partial charge in [0.2, 0.25) is 0 Å². The van der Waals surface area contributed by atoms with Crippen LogP contribution < -0.4 is 4.74 Å². The van der Waals surface area contributed by atoms with E-state index in [1.54, 1.807) is 23.2 Å². The van der Waals surface area contributed by atoms with Crippen molar-refractivity contribution in [3.63, 3.8) is 0 Å². The zero-order chi connectivity index (χ0) is 21.0. The van der Waals surface area contributed by atoms with E-state index in [9.17, 15) is 14.0 Å². The number of aromatic nitrogens is 2. The van der Waals surface area contributed by atoms with Gasteiger partial charge in [-0.2, -0.15) is 5.10 Å². The fourth-order valence-electron chi connectivity index (χ4n) is 4.20. The van der Waals surface area contributed by atoms with Crippen molar-refractivity contribution in [2.24, 2.45) is 0 Å². The van der Waals surface area contributed by atoms with Crippen LogP contribution in [0.15, 0.2) is 30.5 Å². The Hall–Kier alpha value is -2.64. The summed E-state index contributed by atoms with van der Waals surface area (Å²) in [5.41, 5.74) is 0.722. The molecule has 2 aliphatic rings. The van der Waals surface area contributed by atoms with Gasteiger partial charge >= 0.3 is 0 Å². The molecule has 0 radical (unpaired) electrons. The van der Waals surface area contributed by atoms with Crippen LogP contribution in [-0.4, -0.2) is 45.5 Å². The fraction of sp³-hybridized carbons (Fsp3) is 0.286. The van der Waals surface area contributed by atoms with Gasteiger partial charge in [-0.15, -0.1) is 0 Å². The molecule has 30 heavy (non-hydrogen) atoms. The van der Waals surface area contributed by atoms with Crippen molar-refractivity contribution in [1.29, 1.82) is 0 Å². The molecular weight excluding hydrogens is 432 g/mol. The van der Waals surface area contributed by atoms with Crippen LogP contribution in [0.4, 0.5) is 4.39 Å². The number of H-pyrrole nitrogens is 1. The number of piperidine rings is 1. The first kappa shape index (κ1) is 19.3. The van der Waals surface area contributed by atoms with E-state index in [1.165, 1.54) is 6.07 Å². The Bertz CT molecular complexity index is 1200. The van der Waals surface area contributed by atoms with Gasteiger partial charge in [0.15, 0.2) is 5.78 Å². The minimum atomic E-state index is -0.743. The summed E-state index contributed by atoms with van der Waals surface area (Å²) in [4.78, 5) is 27.3. The highest BCUT2D eigenvalue weighted by atomic mass is 35.5. The van der Waals surface area contributed by atoms with Crippen molar-refractivity contribution in [3.8, 4) is 5.75 Å². The maximum atomic E-state index is 13.9. The number of rotatable bonds is 1. The number of carbonyl (C=O) groups is 2. The minimum absolute atomic E-state index is 0.102. The molecule has 9 heteroatoms. The summed E-state index contributed by atoms with van der Waals surface area (Å²) in [5, 5.41) is 7.84. The number of Topliss-reactive ketones (excluding diaryl/α,β-unsaturated/α-hetero) is 1. The average Bonchev–Trinajstić information content (AvgIpc) is 3.19. The Kier molecular flexibility index (Phi) is 4.48. The van der Waals surface area contributed by atoms with E-state index >= 15 is 0 Å². The van der Waals surface area contributed by atoms with Crippen LogP contribution in [0.5, 0.6) is 5.75 Å². The van der Waals surface area contributed by atoms with Gasteiger partial charge in [0.05, 0.1) is 33.7 Å². The third-order valence-electron chi connectivity index (χ3n) is 5.84. The number of benzene rings is 2. The number of amides is 1. The number of aromatic amines is 1. The van der Waals surface area contributed by atoms with Crippen molar-refractivity contribution < 1.29 is 18.7 Å². The molecule has 1 spiro atoms. The van der Waals surface area contributed by atoms with Crippen LogP contribution in [0.2, 0.25) is 10.0 Å². The molecule has 1 aromatic heterocycles. The number of ether oxygens (including phenoxy) is 1. The van der Waals surface area contributed by atoms with Gasteiger partial charge in [0.1, 0.15) is 17.2 Å². The van der Waals surface area contributed by atoms with E-state index in [0.717, 1.165) is 11.5 Å². The molecule has 1 saturated heterocycles. The molecular formula is C21H16Cl2FN3O3. The second kappa shape index (κ2) is 6.96. The van der Waals surface area contributed by atoms with Gasteiger partial charge in [0, 0.05) is 42.9 Å². The van der Waals surface area contributed by atoms with Crippen LogP contribution in [0, 0.1) is 5.82 Å². The Morgan fingerprint density at radius 3 is 2.70 bits per heavy atom. The number of hydrogen-bond acceptors (Lipinski definition) is 4. The van der Waals surface area contributed by atoms with Crippen LogP contribution in [0.1, 0.15) is 40.0 Å². The standard InChI is InChI=1S/C21H16Cl2FN3O3/c22-14-7-13-17(28)9-21(30-18(13)8-16(14)24)1-3-27(4-2-21)20(29)11-5-12-10-25-26-19(12)15(23)6-11/h5-8,10H,1-4,9H2,(H,25,26). The second-order valence-electron chi connectivity index (χ2n) is 7.73. The number of likely N-dealkylation sites (tertiary alicyclic amines) is 1. The molecule has 3 heterocycles. The smallest absolute Gasteiger partial charge is 0.253 e. The fourth-order valence-corrected chi connectivity index (χ4v) is 4.64. The van der Waals surface area contributed by atoms with Crippen molar-refractivity contribution >= 4 is 45.8 Å². The third kappa shape index (κ3) is 3.13. The van der Waals surface area contributed by atoms with E-state index in [4.69, 9.17) is 27.9 Å². The van der Waals surface area contributed by atoms with Crippen molar-refractivity contribution in [3.05, 3.63) is 57.5 Å². The lowest BCUT2D eigenvalue weighted by Gasteiger charge is -2.44. The largest absolute Gasteiger partial charge is 0.486 e. The molecule has 1 N–H and O–H groups in total. The monoisotopic (exact) mass is 447 g/mol. The van der Waals surface area contributed by atoms with Gasteiger partial charge in [-0.05, 0) is 18.2 Å². The summed E-state index contributed by atoms with van der Waals surface area (Å²) in [6, 6.07) is 5.85. The Morgan fingerprint density at radius 1 is 1.17 bits per heavy atom. The highest BCUT2D eigenvalue weighted by Gasteiger charge is 2.44. The molecule has 2 aliphatic heterocycles. The lowest BCUT2D eigenvalue weighted by atomic mass is 9.82. The van der Waals surface area contributed by atoms with E-state index < -0.39 is 11.4 Å². The van der Waals surface area contributed by atoms with Gasteiger partial charge in [0.25, 0.3) is 5.91 Å². The van der Waals surface area contributed by atoms with E-state index in [2.05, 4.69) is 10.2 Å². The molecule has 5 rings (SSSR count). The molecule has 6 nitrogen and oxygen atoms in total. The summed E-state index contributed by atoms with van der Waals surface area (Å²) in [6.07, 6.45) is 2.73. The van der Waals surface area contributed by atoms with Crippen molar-refractivity contribution in [2.75, 3.05) is 13.1 Å². The van der Waals surface area contributed by atoms with Gasteiger partial charge < -0.3 is 9.64 Å². The Morgan fingerprint density at radius 2 is 1.93 bits per heavy atom. The summed E-state index contributed by atoms with van der Waals surface area (Å²) in [6.45, 7) is 0.830. The third-order valence-corrected chi connectivity index (χ3v) is 6.43. The van der Waals surface area contributed by atoms with Crippen LogP contribution in [0.25, 0.3) is 10.9 Å². The first-order valence-corrected chi connectivity index (χ1v) is 10.2. The Labute approximate surface area is 180 Å². The topological polar surface area (TPSA) is 75.3 Å². The summed E-state index contributed by atoms with van der Waals surface area (Å²) < 4.78 is 19.9. The highest BCUT2D eigenvalue weighted by molar-refractivity contribution is 6.35. The maximum Gasteiger partial charge on any atom is 0.253 e. The van der Waals surface area contributed by atoms with Crippen LogP contribution >= 0.6 is 23.2 Å². The number of hydrogen-bond donors (Lipinski definition) is 1. The predicted molar refractivity (Wildman–Crippen MR) is 110 cm³/mol. The first-order valence-electron chi connectivity index (χ1n) is 9.48. The maximum absolute atomic E-state index is 13.9. The van der Waals surface area contributed by atoms with Gasteiger partial charge in [-0.25, -0.2) is 4.39 Å². The molecule has 0 atom stereocenters. The molecule has 2 aromatic carbocycles. The highest BCUT2D eigenvalue weighted by Crippen LogP contribution is 2.41. The van der Waals surface area contributed by atoms with E-state index in [0.29, 0.717) is 47.6 Å². The van der Waals surface area contributed by atoms with Crippen molar-refractivity contribution in [2.45, 2.75) is 24.9 Å². The number of nitrogens with zero attached hydrogens (tertiary/aromatic N) is 2. The first-order chi connectivity index (χ1) is 14.3. The molecule has 0 aliphatic carbocycles. The number of carbonyl (C=O) groups excluding carboxylic acids is 2. The Balaban J connectivity index is 1.35. The molecule has 1 fully saturated rings. The zero-order valence-corrected chi connectivity index (χ0v) is 17.2. The minimum Gasteiger partial charge on any atom is -0.486 e. The van der Waals surface area contributed by atoms with E-state index in [1.807, 2.05) is 0 Å². The predicted octanol–water partition coefficient (Wildman–Crippen LogP) is 4.65. The number of fused-ring (bicyclic) bond motifs is 2. The molecule has 3 aromatic rings. The van der Waals surface area contributed by atoms with Crippen LogP contribution in [0.3, 0.4) is 0 Å². The molecule has 1 amide bonds. The number of ketones is 1. The van der Waals surface area contributed by atoms with Crippen molar-refractivity contribution in [1.82, 2.24) is 15.1 Å². The quantitative estimate of drug-likeness (QED) is 0.588. The SMILES string of the molecule is O=C1CC2(CCN(C(=O)c3cc(Cl)c4[nH]ncc4c3)CC2)Oc2cc(F)c(Cl)cc21. The van der Waals surface area contributed by atoms with E-state index in [-0.39, 0.29) is 28.9 Å². The second-order valence-corrected chi connectivity index (χ2v) is 8.55. The average molecular weight is 448 g/mol. The van der Waals surface area contributed by atoms with Crippen LogP contribution in [-0.2, 0) is 0 Å². The normalized spacial score (nSPS) is 17.8. The summed E-state index contributed by atoms with van der Waals surface area (Å²) >= 11 is 12.0. The lowest BCUT2D eigenvalue weighted by molar-refractivity contribution is -0.00587. The molecule has 154 valence electrons. The zero-order valence-electron chi connectivity index (χ0n) is 15.7. The lowest BCUT2D eigenvalue weighted by Crippen LogP contribution is -2.52. The number of halogens is 3. The van der Waals surface area contributed by atoms with Gasteiger partial charge in [-0.1, -0.05) is 23.2 Å². The summed E-state index contributed by atoms with van der Waals surface area (Å²) in [5.74, 6) is -0.685. The molecule has 0 bridgehead atoms. The summed E-state index contributed by atoms with van der Waals surface area (Å²) in [7, 11) is 0. The molecule has 0 unspecified atom stereocenters.